The fourth-order valence-electron chi connectivity index (χ4n) is 2.95. The molecule has 88 valence electrons. The van der Waals surface area contributed by atoms with Crippen molar-refractivity contribution in [2.75, 3.05) is 0 Å². The first-order valence-electron chi connectivity index (χ1n) is 6.23. The molecular weight excluding hydrogens is 200 g/mol. The molecule has 1 aromatic rings. The molecular formula is C13H20N2O. The Morgan fingerprint density at radius 2 is 2.12 bits per heavy atom. The van der Waals surface area contributed by atoms with Crippen molar-refractivity contribution in [2.24, 2.45) is 5.41 Å². The van der Waals surface area contributed by atoms with E-state index in [0.29, 0.717) is 18.1 Å². The second-order valence-electron chi connectivity index (χ2n) is 4.67. The molecule has 1 fully saturated rings. The second kappa shape index (κ2) is 4.04. The molecule has 1 saturated carbocycles. The lowest BCUT2D eigenvalue weighted by atomic mass is 9.54. The molecule has 0 aliphatic heterocycles. The Morgan fingerprint density at radius 1 is 1.44 bits per heavy atom. The highest BCUT2D eigenvalue weighted by Gasteiger charge is 2.52. The summed E-state index contributed by atoms with van der Waals surface area (Å²) in [5.41, 5.74) is 1.15. The van der Waals surface area contributed by atoms with Crippen LogP contribution in [-0.2, 0) is 11.3 Å². The molecule has 1 unspecified atom stereocenters. The van der Waals surface area contributed by atoms with E-state index >= 15 is 0 Å². The number of aromatic nitrogens is 2. The van der Waals surface area contributed by atoms with Crippen molar-refractivity contribution in [3.05, 3.63) is 18.0 Å². The number of hydrogen-bond acceptors (Lipinski definition) is 2. The monoisotopic (exact) mass is 220 g/mol. The van der Waals surface area contributed by atoms with Gasteiger partial charge in [-0.1, -0.05) is 13.8 Å². The summed E-state index contributed by atoms with van der Waals surface area (Å²) < 4.78 is 1.94. The molecule has 1 heterocycles. The fourth-order valence-corrected chi connectivity index (χ4v) is 2.95. The Bertz CT molecular complexity index is 390. The molecule has 0 bridgehead atoms. The van der Waals surface area contributed by atoms with Crippen molar-refractivity contribution in [1.82, 2.24) is 9.78 Å². The van der Waals surface area contributed by atoms with Crippen molar-refractivity contribution >= 4 is 5.78 Å². The highest BCUT2D eigenvalue weighted by Crippen LogP contribution is 2.54. The number of rotatable bonds is 4. The first-order chi connectivity index (χ1) is 7.67. The summed E-state index contributed by atoms with van der Waals surface area (Å²) in [5, 5.41) is 4.30. The topological polar surface area (TPSA) is 34.9 Å². The van der Waals surface area contributed by atoms with Crippen molar-refractivity contribution in [3.63, 3.8) is 0 Å². The van der Waals surface area contributed by atoms with E-state index in [-0.39, 0.29) is 5.41 Å². The third kappa shape index (κ3) is 1.41. The Kier molecular flexibility index (Phi) is 2.87. The smallest absolute Gasteiger partial charge is 0.140 e. The van der Waals surface area contributed by atoms with Gasteiger partial charge in [-0.05, 0) is 25.3 Å². The Labute approximate surface area is 96.8 Å². The van der Waals surface area contributed by atoms with Crippen LogP contribution in [0.25, 0.3) is 0 Å². The zero-order valence-corrected chi connectivity index (χ0v) is 10.4. The molecule has 2 rings (SSSR count). The van der Waals surface area contributed by atoms with E-state index in [1.54, 1.807) is 0 Å². The van der Waals surface area contributed by atoms with Crippen LogP contribution in [0.4, 0.5) is 0 Å². The predicted molar refractivity (Wildman–Crippen MR) is 63.3 cm³/mol. The van der Waals surface area contributed by atoms with Gasteiger partial charge in [0.25, 0.3) is 0 Å². The van der Waals surface area contributed by atoms with Crippen LogP contribution in [0.1, 0.15) is 51.5 Å². The van der Waals surface area contributed by atoms with Crippen LogP contribution in [0.5, 0.6) is 0 Å². The van der Waals surface area contributed by atoms with E-state index in [2.05, 4.69) is 32.1 Å². The molecule has 1 aromatic heterocycles. The minimum atomic E-state index is -0.0956. The average Bonchev–Trinajstić information content (AvgIpc) is 2.75. The van der Waals surface area contributed by atoms with E-state index in [1.165, 1.54) is 5.56 Å². The van der Waals surface area contributed by atoms with Crippen LogP contribution in [0.2, 0.25) is 0 Å². The maximum absolute atomic E-state index is 11.8. The molecule has 0 aromatic carbocycles. The van der Waals surface area contributed by atoms with Crippen molar-refractivity contribution in [2.45, 2.75) is 52.5 Å². The van der Waals surface area contributed by atoms with Gasteiger partial charge >= 0.3 is 0 Å². The van der Waals surface area contributed by atoms with Gasteiger partial charge in [-0.25, -0.2) is 0 Å². The molecule has 1 aliphatic rings. The largest absolute Gasteiger partial charge is 0.299 e. The number of Topliss-reactive ketones (excluding diaryl/α,β-unsaturated/α-hetero) is 1. The minimum Gasteiger partial charge on any atom is -0.299 e. The van der Waals surface area contributed by atoms with Crippen molar-refractivity contribution in [1.29, 1.82) is 0 Å². The summed E-state index contributed by atoms with van der Waals surface area (Å²) in [6.45, 7) is 7.22. The molecule has 0 spiro atoms. The highest BCUT2D eigenvalue weighted by molar-refractivity contribution is 5.93. The van der Waals surface area contributed by atoms with Gasteiger partial charge in [0.2, 0.25) is 0 Å². The molecule has 3 heteroatoms. The van der Waals surface area contributed by atoms with Gasteiger partial charge in [0.05, 0.1) is 6.20 Å². The van der Waals surface area contributed by atoms with Crippen molar-refractivity contribution in [3.8, 4) is 0 Å². The van der Waals surface area contributed by atoms with Crippen LogP contribution >= 0.6 is 0 Å². The van der Waals surface area contributed by atoms with E-state index in [4.69, 9.17) is 0 Å². The van der Waals surface area contributed by atoms with Gasteiger partial charge in [0.1, 0.15) is 5.78 Å². The van der Waals surface area contributed by atoms with Gasteiger partial charge in [-0.2, -0.15) is 5.10 Å². The Morgan fingerprint density at radius 3 is 2.56 bits per heavy atom. The summed E-state index contributed by atoms with van der Waals surface area (Å²) >= 11 is 0. The van der Waals surface area contributed by atoms with Crippen LogP contribution in [0, 0.1) is 5.41 Å². The zero-order valence-electron chi connectivity index (χ0n) is 10.4. The lowest BCUT2D eigenvalue weighted by Gasteiger charge is -2.46. The molecule has 3 nitrogen and oxygen atoms in total. The van der Waals surface area contributed by atoms with Gasteiger partial charge < -0.3 is 0 Å². The normalized spacial score (nSPS) is 23.2. The van der Waals surface area contributed by atoms with Crippen LogP contribution < -0.4 is 0 Å². The minimum absolute atomic E-state index is 0.0956. The summed E-state index contributed by atoms with van der Waals surface area (Å²) in [6, 6.07) is 0. The molecule has 16 heavy (non-hydrogen) atoms. The average molecular weight is 220 g/mol. The number of aryl methyl sites for hydroxylation is 1. The van der Waals surface area contributed by atoms with Crippen molar-refractivity contribution < 1.29 is 4.79 Å². The maximum Gasteiger partial charge on any atom is 0.140 e. The third-order valence-electron chi connectivity index (χ3n) is 4.25. The first kappa shape index (κ1) is 11.4. The number of nitrogens with zero attached hydrogens (tertiary/aromatic N) is 2. The zero-order chi connectivity index (χ0) is 11.8. The maximum atomic E-state index is 11.8. The second-order valence-corrected chi connectivity index (χ2v) is 4.67. The van der Waals surface area contributed by atoms with E-state index in [1.807, 2.05) is 10.9 Å². The van der Waals surface area contributed by atoms with E-state index in [0.717, 1.165) is 19.4 Å². The quantitative estimate of drug-likeness (QED) is 0.782. The number of carbonyl (C=O) groups excluding carboxylic acids is 1. The predicted octanol–water partition coefficient (Wildman–Crippen LogP) is 2.77. The van der Waals surface area contributed by atoms with Gasteiger partial charge in [0.15, 0.2) is 0 Å². The third-order valence-corrected chi connectivity index (χ3v) is 4.25. The molecule has 1 atom stereocenters. The number of carbonyl (C=O) groups is 1. The van der Waals surface area contributed by atoms with E-state index in [9.17, 15) is 4.79 Å². The number of hydrogen-bond donors (Lipinski definition) is 0. The lowest BCUT2D eigenvalue weighted by Crippen LogP contribution is -2.47. The summed E-state index contributed by atoms with van der Waals surface area (Å²) in [7, 11) is 0. The molecule has 0 saturated heterocycles. The fraction of sp³-hybridized carbons (Fsp3) is 0.692. The summed E-state index contributed by atoms with van der Waals surface area (Å²) in [5.74, 6) is 0.835. The van der Waals surface area contributed by atoms with E-state index < -0.39 is 0 Å². The highest BCUT2D eigenvalue weighted by atomic mass is 16.1. The summed E-state index contributed by atoms with van der Waals surface area (Å²) in [6.07, 6.45) is 6.63. The SMILES string of the molecule is CCn1cc(C2CC(=O)C2(CC)CC)cn1. The number of ketones is 1. The van der Waals surface area contributed by atoms with Crippen LogP contribution in [-0.4, -0.2) is 15.6 Å². The van der Waals surface area contributed by atoms with Gasteiger partial charge in [-0.15, -0.1) is 0 Å². The lowest BCUT2D eigenvalue weighted by molar-refractivity contribution is -0.141. The van der Waals surface area contributed by atoms with Gasteiger partial charge in [-0.3, -0.25) is 9.48 Å². The molecule has 0 N–H and O–H groups in total. The van der Waals surface area contributed by atoms with Crippen LogP contribution in [0.3, 0.4) is 0 Å². The molecule has 0 amide bonds. The van der Waals surface area contributed by atoms with Crippen LogP contribution in [0.15, 0.2) is 12.4 Å². The first-order valence-corrected chi connectivity index (χ1v) is 6.23. The Balaban J connectivity index is 2.25. The molecule has 0 radical (unpaired) electrons. The summed E-state index contributed by atoms with van der Waals surface area (Å²) in [4.78, 5) is 11.8. The van der Waals surface area contributed by atoms with Gasteiger partial charge in [0, 0.05) is 30.5 Å². The Hall–Kier alpha value is -1.12. The molecule has 1 aliphatic carbocycles. The standard InChI is InChI=1S/C13H20N2O/c1-4-13(5-2)11(7-12(13)16)10-8-14-15(6-3)9-10/h8-9,11H,4-7H2,1-3H3.